The van der Waals surface area contributed by atoms with Crippen LogP contribution in [0.25, 0.3) is 0 Å². The van der Waals surface area contributed by atoms with Gasteiger partial charge in [0.2, 0.25) is 0 Å². The topological polar surface area (TPSA) is 62.9 Å². The van der Waals surface area contributed by atoms with Crippen molar-refractivity contribution in [3.05, 3.63) is 18.0 Å². The minimum Gasteiger partial charge on any atom is -0.378 e. The molecule has 0 aliphatic heterocycles. The first-order chi connectivity index (χ1) is 10.7. The Morgan fingerprint density at radius 1 is 1.57 bits per heavy atom. The van der Waals surface area contributed by atoms with Gasteiger partial charge in [0.1, 0.15) is 12.0 Å². The number of nitrogens with one attached hydrogen (secondary N) is 1. The van der Waals surface area contributed by atoms with Crippen molar-refractivity contribution in [2.24, 2.45) is 10.4 Å². The number of halogens is 1. The van der Waals surface area contributed by atoms with Gasteiger partial charge < -0.3 is 19.5 Å². The molecule has 0 saturated heterocycles. The third kappa shape index (κ3) is 3.50. The van der Waals surface area contributed by atoms with E-state index >= 15 is 0 Å². The number of hydrogen-bond donors (Lipinski definition) is 1. The average molecular weight is 434 g/mol. The van der Waals surface area contributed by atoms with E-state index in [0.29, 0.717) is 24.1 Å². The highest BCUT2D eigenvalue weighted by molar-refractivity contribution is 14.0. The molecule has 1 aromatic heterocycles. The van der Waals surface area contributed by atoms with E-state index in [4.69, 9.17) is 9.26 Å². The predicted molar refractivity (Wildman–Crippen MR) is 100.0 cm³/mol. The molecule has 1 heterocycles. The van der Waals surface area contributed by atoms with Crippen LogP contribution in [-0.2, 0) is 11.3 Å². The number of guanidine groups is 1. The summed E-state index contributed by atoms with van der Waals surface area (Å²) in [6, 6.07) is 2.35. The van der Waals surface area contributed by atoms with Crippen LogP contribution < -0.4 is 5.32 Å². The molecule has 2 unspecified atom stereocenters. The molecular formula is C16H27IN4O2. The molecule has 1 aromatic rings. The second-order valence-corrected chi connectivity index (χ2v) is 6.36. The fraction of sp³-hybridized carbons (Fsp3) is 0.750. The van der Waals surface area contributed by atoms with Gasteiger partial charge in [0.05, 0.1) is 12.6 Å². The molecule has 2 fully saturated rings. The van der Waals surface area contributed by atoms with E-state index in [1.165, 1.54) is 19.3 Å². The molecule has 0 aromatic carbocycles. The molecule has 2 saturated carbocycles. The SMILES string of the molecule is CCOC1CC(NC(=NC)N(C)Cc2ccon2)C12CCC2.I. The van der Waals surface area contributed by atoms with Crippen LogP contribution in [0, 0.1) is 5.41 Å². The van der Waals surface area contributed by atoms with Crippen LogP contribution in [-0.4, -0.2) is 48.9 Å². The second kappa shape index (κ2) is 7.83. The normalized spacial score (nSPS) is 25.3. The van der Waals surface area contributed by atoms with Gasteiger partial charge in [-0.1, -0.05) is 11.6 Å². The van der Waals surface area contributed by atoms with Crippen molar-refractivity contribution in [3.8, 4) is 0 Å². The monoisotopic (exact) mass is 434 g/mol. The number of aromatic nitrogens is 1. The Bertz CT molecular complexity index is 516. The zero-order valence-electron chi connectivity index (χ0n) is 14.1. The lowest BCUT2D eigenvalue weighted by Gasteiger charge is -2.61. The van der Waals surface area contributed by atoms with Gasteiger partial charge in [0.15, 0.2) is 5.96 Å². The highest BCUT2D eigenvalue weighted by Crippen LogP contribution is 2.57. The van der Waals surface area contributed by atoms with Gasteiger partial charge in [0, 0.05) is 38.2 Å². The number of rotatable bonds is 5. The molecule has 3 rings (SSSR count). The number of hydrogen-bond acceptors (Lipinski definition) is 4. The van der Waals surface area contributed by atoms with Crippen molar-refractivity contribution in [2.75, 3.05) is 20.7 Å². The zero-order valence-corrected chi connectivity index (χ0v) is 16.4. The van der Waals surface area contributed by atoms with Crippen LogP contribution in [0.5, 0.6) is 0 Å². The fourth-order valence-electron chi connectivity index (χ4n) is 3.78. The van der Waals surface area contributed by atoms with Gasteiger partial charge in [-0.25, -0.2) is 0 Å². The lowest BCUT2D eigenvalue weighted by atomic mass is 9.51. The summed E-state index contributed by atoms with van der Waals surface area (Å²) in [7, 11) is 3.85. The zero-order chi connectivity index (χ0) is 15.6. The van der Waals surface area contributed by atoms with Gasteiger partial charge in [0.25, 0.3) is 0 Å². The highest BCUT2D eigenvalue weighted by Gasteiger charge is 2.59. The Morgan fingerprint density at radius 2 is 2.35 bits per heavy atom. The molecular weight excluding hydrogens is 407 g/mol. The molecule has 130 valence electrons. The smallest absolute Gasteiger partial charge is 0.193 e. The molecule has 2 aliphatic rings. The average Bonchev–Trinajstić information content (AvgIpc) is 2.93. The molecule has 2 aliphatic carbocycles. The third-order valence-corrected chi connectivity index (χ3v) is 5.20. The van der Waals surface area contributed by atoms with E-state index in [1.54, 1.807) is 6.26 Å². The maximum atomic E-state index is 5.91. The van der Waals surface area contributed by atoms with Gasteiger partial charge in [-0.15, -0.1) is 24.0 Å². The van der Waals surface area contributed by atoms with Crippen LogP contribution >= 0.6 is 24.0 Å². The van der Waals surface area contributed by atoms with Crippen molar-refractivity contribution in [3.63, 3.8) is 0 Å². The number of aliphatic imine (C=N–C) groups is 1. The Morgan fingerprint density at radius 3 is 2.87 bits per heavy atom. The van der Waals surface area contributed by atoms with Crippen molar-refractivity contribution < 1.29 is 9.26 Å². The van der Waals surface area contributed by atoms with E-state index in [0.717, 1.165) is 24.7 Å². The van der Waals surface area contributed by atoms with E-state index in [2.05, 4.69) is 27.3 Å². The van der Waals surface area contributed by atoms with Crippen LogP contribution in [0.2, 0.25) is 0 Å². The van der Waals surface area contributed by atoms with Gasteiger partial charge in [-0.3, -0.25) is 4.99 Å². The van der Waals surface area contributed by atoms with E-state index in [9.17, 15) is 0 Å². The molecule has 0 radical (unpaired) electrons. The lowest BCUT2D eigenvalue weighted by molar-refractivity contribution is -0.168. The van der Waals surface area contributed by atoms with E-state index < -0.39 is 0 Å². The molecule has 0 bridgehead atoms. The summed E-state index contributed by atoms with van der Waals surface area (Å²) in [5.74, 6) is 0.911. The summed E-state index contributed by atoms with van der Waals surface area (Å²) >= 11 is 0. The first kappa shape index (κ1) is 18.5. The molecule has 1 N–H and O–H groups in total. The minimum absolute atomic E-state index is 0. The highest BCUT2D eigenvalue weighted by atomic mass is 127. The summed E-state index contributed by atoms with van der Waals surface area (Å²) in [5.41, 5.74) is 1.24. The standard InChI is InChI=1S/C16H26N4O2.HI/c1-4-21-14-10-13(16(14)7-5-8-16)18-15(17-2)20(3)11-12-6-9-22-19-12;/h6,9,13-14H,4-5,7-8,10-11H2,1-3H3,(H,17,18);1H. The molecule has 23 heavy (non-hydrogen) atoms. The Hall–Kier alpha value is -0.830. The Kier molecular flexibility index (Phi) is 6.30. The Balaban J connectivity index is 0.00000192. The van der Waals surface area contributed by atoms with Crippen molar-refractivity contribution in [1.82, 2.24) is 15.4 Å². The lowest BCUT2D eigenvalue weighted by Crippen LogP contribution is -2.68. The fourth-order valence-corrected chi connectivity index (χ4v) is 3.78. The van der Waals surface area contributed by atoms with Crippen LogP contribution in [0.15, 0.2) is 21.8 Å². The van der Waals surface area contributed by atoms with Crippen molar-refractivity contribution in [2.45, 2.75) is 51.3 Å². The van der Waals surface area contributed by atoms with Gasteiger partial charge >= 0.3 is 0 Å². The second-order valence-electron chi connectivity index (χ2n) is 6.36. The maximum Gasteiger partial charge on any atom is 0.193 e. The summed E-state index contributed by atoms with van der Waals surface area (Å²) in [6.07, 6.45) is 6.93. The van der Waals surface area contributed by atoms with Crippen molar-refractivity contribution >= 4 is 29.9 Å². The third-order valence-electron chi connectivity index (χ3n) is 5.20. The summed E-state index contributed by atoms with van der Waals surface area (Å²) in [4.78, 5) is 6.50. The van der Waals surface area contributed by atoms with Gasteiger partial charge in [-0.2, -0.15) is 0 Å². The summed E-state index contributed by atoms with van der Waals surface area (Å²) in [6.45, 7) is 3.57. The van der Waals surface area contributed by atoms with Crippen LogP contribution in [0.3, 0.4) is 0 Å². The first-order valence-electron chi connectivity index (χ1n) is 8.15. The Labute approximate surface area is 155 Å². The minimum atomic E-state index is 0. The summed E-state index contributed by atoms with van der Waals surface area (Å²) in [5, 5.41) is 7.59. The van der Waals surface area contributed by atoms with Gasteiger partial charge in [-0.05, 0) is 26.2 Å². The quantitative estimate of drug-likeness (QED) is 0.439. The van der Waals surface area contributed by atoms with Crippen LogP contribution in [0.4, 0.5) is 0 Å². The number of ether oxygens (including phenoxy) is 1. The molecule has 0 amide bonds. The molecule has 1 spiro atoms. The molecule has 2 atom stereocenters. The van der Waals surface area contributed by atoms with E-state index in [-0.39, 0.29) is 24.0 Å². The predicted octanol–water partition coefficient (Wildman–Crippen LogP) is 2.65. The first-order valence-corrected chi connectivity index (χ1v) is 8.15. The number of nitrogens with zero attached hydrogens (tertiary/aromatic N) is 3. The summed E-state index contributed by atoms with van der Waals surface area (Å²) < 4.78 is 10.8. The molecule has 7 heteroatoms. The maximum absolute atomic E-state index is 5.91. The van der Waals surface area contributed by atoms with E-state index in [1.807, 2.05) is 20.2 Å². The van der Waals surface area contributed by atoms with Crippen LogP contribution in [0.1, 0.15) is 38.3 Å². The molecule has 6 nitrogen and oxygen atoms in total. The largest absolute Gasteiger partial charge is 0.378 e. The van der Waals surface area contributed by atoms with Crippen molar-refractivity contribution in [1.29, 1.82) is 0 Å².